The molecule has 3 amide bonds. The van der Waals surface area contributed by atoms with E-state index in [9.17, 15) is 18.8 Å². The van der Waals surface area contributed by atoms with Gasteiger partial charge in [-0.15, -0.1) is 0 Å². The molecule has 0 aliphatic heterocycles. The minimum atomic E-state index is -1.28. The average Bonchev–Trinajstić information content (AvgIpc) is 2.69. The van der Waals surface area contributed by atoms with Crippen LogP contribution in [0.25, 0.3) is 0 Å². The molecule has 0 saturated carbocycles. The van der Waals surface area contributed by atoms with Crippen molar-refractivity contribution in [3.8, 4) is 0 Å². The fraction of sp³-hybridized carbons (Fsp3) is 0.318. The number of nitrogens with one attached hydrogen (secondary N) is 2. The number of hydrogen-bond donors (Lipinski definition) is 4. The quantitative estimate of drug-likeness (QED) is 0.487. The van der Waals surface area contributed by atoms with Gasteiger partial charge >= 0.3 is 0 Å². The zero-order chi connectivity index (χ0) is 22.3. The number of halogens is 1. The van der Waals surface area contributed by atoms with Crippen molar-refractivity contribution in [3.63, 3.8) is 0 Å². The van der Waals surface area contributed by atoms with Gasteiger partial charge in [-0.25, -0.2) is 4.39 Å². The lowest BCUT2D eigenvalue weighted by Gasteiger charge is -2.26. The fourth-order valence-corrected chi connectivity index (χ4v) is 2.75. The van der Waals surface area contributed by atoms with E-state index in [1.165, 1.54) is 38.1 Å². The average molecular weight is 414 g/mol. The van der Waals surface area contributed by atoms with Gasteiger partial charge in [-0.3, -0.25) is 14.4 Å². The van der Waals surface area contributed by atoms with Crippen molar-refractivity contribution >= 4 is 17.7 Å². The summed E-state index contributed by atoms with van der Waals surface area (Å²) in [7, 11) is 0. The monoisotopic (exact) mass is 414 g/mol. The lowest BCUT2D eigenvalue weighted by molar-refractivity contribution is -0.133. The molecule has 7 nitrogen and oxygen atoms in total. The van der Waals surface area contributed by atoms with E-state index in [4.69, 9.17) is 11.5 Å². The Kier molecular flexibility index (Phi) is 7.66. The number of amides is 3. The molecular formula is C22H27FN4O3. The molecule has 0 bridgehead atoms. The highest BCUT2D eigenvalue weighted by molar-refractivity contribution is 5.93. The van der Waals surface area contributed by atoms with Crippen molar-refractivity contribution in [2.24, 2.45) is 11.5 Å². The zero-order valence-corrected chi connectivity index (χ0v) is 17.1. The van der Waals surface area contributed by atoms with Crippen LogP contribution in [0.5, 0.6) is 0 Å². The van der Waals surface area contributed by atoms with Crippen LogP contribution in [0.2, 0.25) is 0 Å². The molecule has 160 valence electrons. The van der Waals surface area contributed by atoms with E-state index in [0.29, 0.717) is 12.1 Å². The number of nitrogens with two attached hydrogens (primary N) is 2. The predicted octanol–water partition coefficient (Wildman–Crippen LogP) is 0.935. The summed E-state index contributed by atoms with van der Waals surface area (Å²) in [6.45, 7) is 3.37. The molecule has 0 aromatic heterocycles. The van der Waals surface area contributed by atoms with Crippen LogP contribution in [0.3, 0.4) is 0 Å². The molecule has 0 aliphatic rings. The van der Waals surface area contributed by atoms with E-state index < -0.39 is 35.1 Å². The molecule has 0 aliphatic carbocycles. The Morgan fingerprint density at radius 1 is 0.967 bits per heavy atom. The topological polar surface area (TPSA) is 127 Å². The third kappa shape index (κ3) is 6.66. The van der Waals surface area contributed by atoms with Gasteiger partial charge in [-0.05, 0) is 42.7 Å². The standard InChI is InChI=1S/C22H27FN4O3/c1-22(2,21(25)30)27-20(29)18(11-14-3-5-16(13-24)6-4-14)26-19(28)12-15-7-9-17(23)10-8-15/h3-10,18H,11-13,24H2,1-2H3,(H2,25,30)(H,26,28)(H,27,29)/t18-/m1/s1. The van der Waals surface area contributed by atoms with E-state index in [0.717, 1.165) is 11.1 Å². The molecule has 1 atom stereocenters. The van der Waals surface area contributed by atoms with Crippen LogP contribution in [0.4, 0.5) is 4.39 Å². The summed E-state index contributed by atoms with van der Waals surface area (Å²) < 4.78 is 13.1. The first-order valence-corrected chi connectivity index (χ1v) is 9.54. The second-order valence-corrected chi connectivity index (χ2v) is 7.63. The Bertz CT molecular complexity index is 896. The van der Waals surface area contributed by atoms with Gasteiger partial charge in [0.25, 0.3) is 0 Å². The molecule has 30 heavy (non-hydrogen) atoms. The predicted molar refractivity (Wildman–Crippen MR) is 111 cm³/mol. The van der Waals surface area contributed by atoms with Crippen molar-refractivity contribution in [3.05, 3.63) is 71.0 Å². The van der Waals surface area contributed by atoms with Crippen LogP contribution in [0, 0.1) is 5.82 Å². The maximum Gasteiger partial charge on any atom is 0.243 e. The van der Waals surface area contributed by atoms with E-state index in [2.05, 4.69) is 10.6 Å². The number of benzene rings is 2. The highest BCUT2D eigenvalue weighted by Crippen LogP contribution is 2.10. The molecule has 2 rings (SSSR count). The number of primary amides is 1. The van der Waals surface area contributed by atoms with E-state index >= 15 is 0 Å². The smallest absolute Gasteiger partial charge is 0.243 e. The first-order chi connectivity index (χ1) is 14.1. The van der Waals surface area contributed by atoms with Crippen LogP contribution in [-0.2, 0) is 33.8 Å². The van der Waals surface area contributed by atoms with Crippen molar-refractivity contribution in [2.45, 2.75) is 44.8 Å². The second-order valence-electron chi connectivity index (χ2n) is 7.63. The Labute approximate surface area is 175 Å². The second kappa shape index (κ2) is 9.98. The van der Waals surface area contributed by atoms with Crippen molar-refractivity contribution in [1.82, 2.24) is 10.6 Å². The van der Waals surface area contributed by atoms with Gasteiger partial charge < -0.3 is 22.1 Å². The van der Waals surface area contributed by atoms with Gasteiger partial charge in [0.15, 0.2) is 0 Å². The number of rotatable bonds is 9. The minimum absolute atomic E-state index is 0.0185. The van der Waals surface area contributed by atoms with Crippen LogP contribution < -0.4 is 22.1 Å². The van der Waals surface area contributed by atoms with Crippen molar-refractivity contribution in [2.75, 3.05) is 0 Å². The first-order valence-electron chi connectivity index (χ1n) is 9.54. The zero-order valence-electron chi connectivity index (χ0n) is 17.1. The Morgan fingerprint density at radius 3 is 2.03 bits per heavy atom. The molecule has 0 fully saturated rings. The summed E-state index contributed by atoms with van der Waals surface area (Å²) in [5, 5.41) is 5.27. The summed E-state index contributed by atoms with van der Waals surface area (Å²) in [5.74, 6) is -2.03. The van der Waals surface area contributed by atoms with E-state index in [1.54, 1.807) is 0 Å². The summed E-state index contributed by atoms with van der Waals surface area (Å²) in [6, 6.07) is 12.0. The molecular weight excluding hydrogens is 387 g/mol. The normalized spacial score (nSPS) is 12.1. The van der Waals surface area contributed by atoms with Crippen molar-refractivity contribution in [1.29, 1.82) is 0 Å². The third-order valence-electron chi connectivity index (χ3n) is 4.68. The molecule has 6 N–H and O–H groups in total. The van der Waals surface area contributed by atoms with Gasteiger partial charge in [0, 0.05) is 13.0 Å². The number of carbonyl (C=O) groups excluding carboxylic acids is 3. The molecule has 0 radical (unpaired) electrons. The fourth-order valence-electron chi connectivity index (χ4n) is 2.75. The SMILES string of the molecule is CC(C)(NC(=O)[C@@H](Cc1ccc(CN)cc1)NC(=O)Cc1ccc(F)cc1)C(N)=O. The van der Waals surface area contributed by atoms with Gasteiger partial charge in [-0.1, -0.05) is 36.4 Å². The lowest BCUT2D eigenvalue weighted by Crippen LogP contribution is -2.58. The summed E-state index contributed by atoms with van der Waals surface area (Å²) >= 11 is 0. The lowest BCUT2D eigenvalue weighted by atomic mass is 10.00. The molecule has 2 aromatic rings. The third-order valence-corrected chi connectivity index (χ3v) is 4.68. The Balaban J connectivity index is 2.15. The van der Waals surface area contributed by atoms with Crippen LogP contribution in [0.15, 0.2) is 48.5 Å². The largest absolute Gasteiger partial charge is 0.368 e. The molecule has 0 heterocycles. The molecule has 0 spiro atoms. The molecule has 0 saturated heterocycles. The van der Waals surface area contributed by atoms with Gasteiger partial charge in [0.05, 0.1) is 6.42 Å². The summed E-state index contributed by atoms with van der Waals surface area (Å²) in [5.41, 5.74) is 12.0. The van der Waals surface area contributed by atoms with Gasteiger partial charge in [0.2, 0.25) is 17.7 Å². The van der Waals surface area contributed by atoms with Gasteiger partial charge in [-0.2, -0.15) is 0 Å². The number of carbonyl (C=O) groups is 3. The molecule has 8 heteroatoms. The van der Waals surface area contributed by atoms with Crippen LogP contribution in [0.1, 0.15) is 30.5 Å². The van der Waals surface area contributed by atoms with Gasteiger partial charge in [0.1, 0.15) is 17.4 Å². The Hall–Kier alpha value is -3.26. The highest BCUT2D eigenvalue weighted by atomic mass is 19.1. The van der Waals surface area contributed by atoms with E-state index in [1.807, 2.05) is 24.3 Å². The highest BCUT2D eigenvalue weighted by Gasteiger charge is 2.31. The summed E-state index contributed by atoms with van der Waals surface area (Å²) in [4.78, 5) is 36.9. The van der Waals surface area contributed by atoms with E-state index in [-0.39, 0.29) is 12.8 Å². The molecule has 2 aromatic carbocycles. The maximum absolute atomic E-state index is 13.1. The number of hydrogen-bond acceptors (Lipinski definition) is 4. The molecule has 0 unspecified atom stereocenters. The van der Waals surface area contributed by atoms with Crippen LogP contribution >= 0.6 is 0 Å². The van der Waals surface area contributed by atoms with Crippen molar-refractivity contribution < 1.29 is 18.8 Å². The Morgan fingerprint density at radius 2 is 1.50 bits per heavy atom. The minimum Gasteiger partial charge on any atom is -0.368 e. The maximum atomic E-state index is 13.1. The first kappa shape index (κ1) is 23.0. The van der Waals surface area contributed by atoms with Crippen LogP contribution in [-0.4, -0.2) is 29.3 Å². The summed E-state index contributed by atoms with van der Waals surface area (Å²) in [6.07, 6.45) is 0.191.